The Kier molecular flexibility index (Phi) is 3.22. The molecular weight excluding hydrogens is 278 g/mol. The third-order valence-electron chi connectivity index (χ3n) is 4.03. The van der Waals surface area contributed by atoms with Gasteiger partial charge in [0.2, 0.25) is 0 Å². The van der Waals surface area contributed by atoms with Crippen LogP contribution in [0, 0.1) is 0 Å². The first-order valence-electron chi connectivity index (χ1n) is 6.52. The summed E-state index contributed by atoms with van der Waals surface area (Å²) >= 11 is 6.28. The maximum atomic E-state index is 11.7. The lowest BCUT2D eigenvalue weighted by Crippen LogP contribution is -2.32. The zero-order chi connectivity index (χ0) is 14.2. The Bertz CT molecular complexity index is 634. The highest BCUT2D eigenvalue weighted by Crippen LogP contribution is 2.42. The van der Waals surface area contributed by atoms with Crippen LogP contribution in [0.3, 0.4) is 0 Å². The average molecular weight is 292 g/mol. The smallest absolute Gasteiger partial charge is 0.314 e. The van der Waals surface area contributed by atoms with Crippen molar-refractivity contribution in [2.24, 2.45) is 0 Å². The van der Waals surface area contributed by atoms with Gasteiger partial charge in [0.15, 0.2) is 0 Å². The van der Waals surface area contributed by atoms with E-state index in [9.17, 15) is 9.90 Å². The first-order chi connectivity index (χ1) is 9.63. The molecule has 1 saturated carbocycles. The van der Waals surface area contributed by atoms with Crippen molar-refractivity contribution < 1.29 is 9.90 Å². The summed E-state index contributed by atoms with van der Waals surface area (Å²) in [5, 5.41) is 14.1. The maximum absolute atomic E-state index is 11.7. The molecule has 0 amide bonds. The molecule has 0 saturated heterocycles. The van der Waals surface area contributed by atoms with Crippen LogP contribution >= 0.6 is 11.6 Å². The van der Waals surface area contributed by atoms with Crippen molar-refractivity contribution >= 4 is 17.6 Å². The van der Waals surface area contributed by atoms with Gasteiger partial charge in [-0.2, -0.15) is 5.10 Å². The molecule has 0 aliphatic heterocycles. The second kappa shape index (κ2) is 4.90. The van der Waals surface area contributed by atoms with Crippen LogP contribution in [0.5, 0.6) is 0 Å². The molecule has 104 valence electrons. The molecule has 1 aliphatic carbocycles. The van der Waals surface area contributed by atoms with Crippen molar-refractivity contribution in [3.8, 4) is 5.69 Å². The summed E-state index contributed by atoms with van der Waals surface area (Å²) in [6.45, 7) is 0. The quantitative estimate of drug-likeness (QED) is 0.944. The highest BCUT2D eigenvalue weighted by molar-refractivity contribution is 6.32. The molecule has 0 unspecified atom stereocenters. The van der Waals surface area contributed by atoms with Crippen LogP contribution < -0.4 is 0 Å². The van der Waals surface area contributed by atoms with Crippen LogP contribution in [0.4, 0.5) is 0 Å². The van der Waals surface area contributed by atoms with Gasteiger partial charge < -0.3 is 5.11 Å². The molecule has 1 aromatic carbocycles. The lowest BCUT2D eigenvalue weighted by molar-refractivity contribution is -0.143. The van der Waals surface area contributed by atoms with Crippen LogP contribution in [0.1, 0.15) is 31.2 Å². The number of aromatic nitrogens is 3. The number of carboxylic acid groups (broad SMARTS) is 1. The predicted octanol–water partition coefficient (Wildman–Crippen LogP) is 2.82. The van der Waals surface area contributed by atoms with Gasteiger partial charge in [0, 0.05) is 0 Å². The minimum absolute atomic E-state index is 0.487. The van der Waals surface area contributed by atoms with E-state index in [1.165, 1.54) is 6.33 Å². The lowest BCUT2D eigenvalue weighted by atomic mass is 9.79. The summed E-state index contributed by atoms with van der Waals surface area (Å²) in [7, 11) is 0. The number of benzene rings is 1. The van der Waals surface area contributed by atoms with Gasteiger partial charge in [0.25, 0.3) is 0 Å². The van der Waals surface area contributed by atoms with Gasteiger partial charge in [-0.3, -0.25) is 4.79 Å². The number of hydrogen-bond acceptors (Lipinski definition) is 3. The van der Waals surface area contributed by atoms with Crippen molar-refractivity contribution in [3.63, 3.8) is 0 Å². The normalized spacial score (nSPS) is 17.2. The Morgan fingerprint density at radius 1 is 1.35 bits per heavy atom. The topological polar surface area (TPSA) is 68.0 Å². The van der Waals surface area contributed by atoms with Crippen molar-refractivity contribution in [2.45, 2.75) is 31.1 Å². The van der Waals surface area contributed by atoms with Crippen LogP contribution in [-0.4, -0.2) is 25.8 Å². The molecule has 0 bridgehead atoms. The Hall–Kier alpha value is -1.88. The minimum atomic E-state index is -0.787. The van der Waals surface area contributed by atoms with E-state index in [1.54, 1.807) is 23.1 Å². The molecule has 0 spiro atoms. The standard InChI is InChI=1S/C14H14ClN3O2/c15-11-7-10(14(13(19)20)5-1-2-6-14)3-4-12(11)18-9-16-8-17-18/h3-4,7-9H,1-2,5-6H2,(H,19,20). The molecular formula is C14H14ClN3O2. The van der Waals surface area contributed by atoms with E-state index < -0.39 is 11.4 Å². The first kappa shape index (κ1) is 13.1. The molecule has 3 rings (SSSR count). The number of carbonyl (C=O) groups is 1. The highest BCUT2D eigenvalue weighted by Gasteiger charge is 2.43. The molecule has 6 heteroatoms. The van der Waals surface area contributed by atoms with Gasteiger partial charge in [0.05, 0.1) is 16.1 Å². The van der Waals surface area contributed by atoms with Crippen LogP contribution in [-0.2, 0) is 10.2 Å². The summed E-state index contributed by atoms with van der Waals surface area (Å²) < 4.78 is 1.56. The zero-order valence-electron chi connectivity index (χ0n) is 10.8. The molecule has 1 heterocycles. The summed E-state index contributed by atoms with van der Waals surface area (Å²) in [4.78, 5) is 15.6. The van der Waals surface area contributed by atoms with E-state index in [1.807, 2.05) is 6.07 Å². The SMILES string of the molecule is O=C(O)C1(c2ccc(-n3cncn3)c(Cl)c2)CCCC1. The number of rotatable bonds is 3. The van der Waals surface area contributed by atoms with E-state index in [0.717, 1.165) is 18.4 Å². The van der Waals surface area contributed by atoms with Crippen LogP contribution in [0.2, 0.25) is 5.02 Å². The fourth-order valence-corrected chi connectivity index (χ4v) is 3.19. The van der Waals surface area contributed by atoms with Crippen molar-refractivity contribution in [2.75, 3.05) is 0 Å². The molecule has 5 nitrogen and oxygen atoms in total. The van der Waals surface area contributed by atoms with E-state index in [4.69, 9.17) is 11.6 Å². The van der Waals surface area contributed by atoms with E-state index >= 15 is 0 Å². The van der Waals surface area contributed by atoms with E-state index in [-0.39, 0.29) is 0 Å². The molecule has 0 radical (unpaired) electrons. The predicted molar refractivity (Wildman–Crippen MR) is 74.2 cm³/mol. The molecule has 0 atom stereocenters. The van der Waals surface area contributed by atoms with E-state index in [0.29, 0.717) is 23.6 Å². The van der Waals surface area contributed by atoms with Crippen LogP contribution in [0.25, 0.3) is 5.69 Å². The first-order valence-corrected chi connectivity index (χ1v) is 6.90. The van der Waals surface area contributed by atoms with Gasteiger partial charge >= 0.3 is 5.97 Å². The number of nitrogens with zero attached hydrogens (tertiary/aromatic N) is 3. The number of halogens is 1. The van der Waals surface area contributed by atoms with Crippen molar-refractivity contribution in [1.29, 1.82) is 0 Å². The summed E-state index contributed by atoms with van der Waals surface area (Å²) in [6, 6.07) is 5.38. The minimum Gasteiger partial charge on any atom is -0.481 e. The highest BCUT2D eigenvalue weighted by atomic mass is 35.5. The third kappa shape index (κ3) is 1.98. The fraction of sp³-hybridized carbons (Fsp3) is 0.357. The summed E-state index contributed by atoms with van der Waals surface area (Å²) in [5.41, 5.74) is 0.688. The molecule has 1 N–H and O–H groups in total. The Labute approximate surface area is 121 Å². The Morgan fingerprint density at radius 3 is 2.65 bits per heavy atom. The fourth-order valence-electron chi connectivity index (χ4n) is 2.93. The van der Waals surface area contributed by atoms with Crippen molar-refractivity contribution in [3.05, 3.63) is 41.4 Å². The Morgan fingerprint density at radius 2 is 2.10 bits per heavy atom. The second-order valence-electron chi connectivity index (χ2n) is 5.10. The van der Waals surface area contributed by atoms with Gasteiger partial charge in [-0.05, 0) is 30.5 Å². The molecule has 1 fully saturated rings. The number of aliphatic carboxylic acids is 1. The summed E-state index contributed by atoms with van der Waals surface area (Å²) in [5.74, 6) is -0.764. The summed E-state index contributed by atoms with van der Waals surface area (Å²) in [6.07, 6.45) is 6.20. The third-order valence-corrected chi connectivity index (χ3v) is 4.34. The van der Waals surface area contributed by atoms with Gasteiger partial charge in [-0.15, -0.1) is 0 Å². The lowest BCUT2D eigenvalue weighted by Gasteiger charge is -2.25. The van der Waals surface area contributed by atoms with Gasteiger partial charge in [-0.1, -0.05) is 30.5 Å². The second-order valence-corrected chi connectivity index (χ2v) is 5.51. The van der Waals surface area contributed by atoms with Crippen molar-refractivity contribution in [1.82, 2.24) is 14.8 Å². The van der Waals surface area contributed by atoms with Crippen LogP contribution in [0.15, 0.2) is 30.9 Å². The molecule has 1 aromatic heterocycles. The largest absolute Gasteiger partial charge is 0.481 e. The average Bonchev–Trinajstić information content (AvgIpc) is 3.11. The molecule has 1 aliphatic rings. The number of carboxylic acids is 1. The molecule has 2 aromatic rings. The van der Waals surface area contributed by atoms with E-state index in [2.05, 4.69) is 10.1 Å². The number of hydrogen-bond donors (Lipinski definition) is 1. The van der Waals surface area contributed by atoms with Gasteiger partial charge in [0.1, 0.15) is 12.7 Å². The zero-order valence-corrected chi connectivity index (χ0v) is 11.5. The molecule has 20 heavy (non-hydrogen) atoms. The Balaban J connectivity index is 2.04. The monoisotopic (exact) mass is 291 g/mol. The maximum Gasteiger partial charge on any atom is 0.314 e. The van der Waals surface area contributed by atoms with Gasteiger partial charge in [-0.25, -0.2) is 9.67 Å².